The highest BCUT2D eigenvalue weighted by Crippen LogP contribution is 2.26. The largest absolute Gasteiger partial charge is 0.359 e. The zero-order valence-electron chi connectivity index (χ0n) is 20.4. The van der Waals surface area contributed by atoms with Crippen LogP contribution >= 0.6 is 0 Å². The van der Waals surface area contributed by atoms with Crippen molar-refractivity contribution in [2.24, 2.45) is 11.3 Å². The van der Waals surface area contributed by atoms with E-state index in [9.17, 15) is 9.59 Å². The maximum atomic E-state index is 13.1. The van der Waals surface area contributed by atoms with Gasteiger partial charge < -0.3 is 15.2 Å². The molecular formula is C24H40N6O2. The van der Waals surface area contributed by atoms with E-state index in [4.69, 9.17) is 4.98 Å². The van der Waals surface area contributed by atoms with Crippen LogP contribution < -0.4 is 10.6 Å². The van der Waals surface area contributed by atoms with Gasteiger partial charge in [-0.25, -0.2) is 4.98 Å². The molecule has 1 unspecified atom stereocenters. The van der Waals surface area contributed by atoms with Gasteiger partial charge in [-0.05, 0) is 44.5 Å². The van der Waals surface area contributed by atoms with Crippen LogP contribution in [0.4, 0.5) is 0 Å². The SMILES string of the molecule is CNC(=O)C(CNC(=O)c1nc(/C=C/CN2CCCCC2)n2c1CN(C)CC2)C(C)(C)C. The molecule has 8 heteroatoms. The number of hydrogen-bond donors (Lipinski definition) is 2. The Morgan fingerprint density at radius 1 is 1.12 bits per heavy atom. The molecule has 0 aliphatic carbocycles. The first-order chi connectivity index (χ1) is 15.2. The number of imidazole rings is 1. The number of nitrogens with one attached hydrogen (secondary N) is 2. The van der Waals surface area contributed by atoms with Gasteiger partial charge in [0.2, 0.25) is 5.91 Å². The highest BCUT2D eigenvalue weighted by atomic mass is 16.2. The molecule has 0 aromatic carbocycles. The molecule has 0 bridgehead atoms. The number of aromatic nitrogens is 2. The molecule has 1 aromatic rings. The Morgan fingerprint density at radius 3 is 2.50 bits per heavy atom. The number of carbonyl (C=O) groups excluding carboxylic acids is 2. The molecule has 2 aliphatic heterocycles. The lowest BCUT2D eigenvalue weighted by atomic mass is 9.80. The smallest absolute Gasteiger partial charge is 0.271 e. The van der Waals surface area contributed by atoms with Gasteiger partial charge >= 0.3 is 0 Å². The number of nitrogens with zero attached hydrogens (tertiary/aromatic N) is 4. The van der Waals surface area contributed by atoms with Crippen molar-refractivity contribution < 1.29 is 9.59 Å². The third-order valence-electron chi connectivity index (χ3n) is 6.60. The van der Waals surface area contributed by atoms with Crippen molar-refractivity contribution in [1.29, 1.82) is 0 Å². The van der Waals surface area contributed by atoms with Crippen molar-refractivity contribution >= 4 is 17.9 Å². The maximum absolute atomic E-state index is 13.1. The van der Waals surface area contributed by atoms with Gasteiger partial charge in [0.05, 0.1) is 11.6 Å². The summed E-state index contributed by atoms with van der Waals surface area (Å²) in [6.45, 7) is 12.0. The minimum absolute atomic E-state index is 0.0641. The van der Waals surface area contributed by atoms with Crippen LogP contribution in [0.25, 0.3) is 6.08 Å². The molecular weight excluding hydrogens is 404 g/mol. The molecule has 0 saturated carbocycles. The summed E-state index contributed by atoms with van der Waals surface area (Å²) in [7, 11) is 3.69. The lowest BCUT2D eigenvalue weighted by Gasteiger charge is -2.29. The van der Waals surface area contributed by atoms with Crippen LogP contribution in [0.5, 0.6) is 0 Å². The van der Waals surface area contributed by atoms with E-state index in [1.165, 1.54) is 19.3 Å². The first kappa shape index (κ1) is 24.5. The number of likely N-dealkylation sites (tertiary alicyclic amines) is 1. The minimum Gasteiger partial charge on any atom is -0.359 e. The number of fused-ring (bicyclic) bond motifs is 1. The predicted octanol–water partition coefficient (Wildman–Crippen LogP) is 1.97. The van der Waals surface area contributed by atoms with Gasteiger partial charge in [-0.2, -0.15) is 0 Å². The van der Waals surface area contributed by atoms with Crippen LogP contribution in [-0.4, -0.2) is 78.0 Å². The Kier molecular flexibility index (Phi) is 8.11. The molecule has 2 aliphatic rings. The third kappa shape index (κ3) is 5.98. The molecule has 2 N–H and O–H groups in total. The van der Waals surface area contributed by atoms with E-state index >= 15 is 0 Å². The summed E-state index contributed by atoms with van der Waals surface area (Å²) in [6.07, 6.45) is 8.10. The van der Waals surface area contributed by atoms with Gasteiger partial charge in [-0.1, -0.05) is 33.3 Å². The molecule has 1 saturated heterocycles. The molecule has 2 amide bonds. The van der Waals surface area contributed by atoms with Crippen molar-refractivity contribution in [2.75, 3.05) is 46.8 Å². The molecule has 1 aromatic heterocycles. The topological polar surface area (TPSA) is 82.5 Å². The summed E-state index contributed by atoms with van der Waals surface area (Å²) < 4.78 is 2.17. The normalized spacial score (nSPS) is 19.0. The Morgan fingerprint density at radius 2 is 1.84 bits per heavy atom. The summed E-state index contributed by atoms with van der Waals surface area (Å²) in [5.41, 5.74) is 1.16. The van der Waals surface area contributed by atoms with Crippen LogP contribution in [0.15, 0.2) is 6.08 Å². The first-order valence-corrected chi connectivity index (χ1v) is 11.9. The maximum Gasteiger partial charge on any atom is 0.271 e. The Hall–Kier alpha value is -2.19. The second kappa shape index (κ2) is 10.6. The molecule has 1 atom stereocenters. The van der Waals surface area contributed by atoms with Crippen molar-refractivity contribution in [3.05, 3.63) is 23.3 Å². The van der Waals surface area contributed by atoms with Gasteiger partial charge in [0.1, 0.15) is 5.82 Å². The monoisotopic (exact) mass is 444 g/mol. The number of amides is 2. The number of rotatable bonds is 7. The summed E-state index contributed by atoms with van der Waals surface area (Å²) in [6, 6.07) is 0. The van der Waals surface area contributed by atoms with Gasteiger partial charge in [-0.3, -0.25) is 19.4 Å². The number of carbonyl (C=O) groups is 2. The second-order valence-electron chi connectivity index (χ2n) is 10.2. The summed E-state index contributed by atoms with van der Waals surface area (Å²) in [5, 5.41) is 5.70. The number of hydrogen-bond acceptors (Lipinski definition) is 5. The molecule has 3 heterocycles. The summed E-state index contributed by atoms with van der Waals surface area (Å²) in [4.78, 5) is 34.9. The van der Waals surface area contributed by atoms with Gasteiger partial charge in [0, 0.05) is 39.8 Å². The van der Waals surface area contributed by atoms with Crippen LogP contribution in [0, 0.1) is 11.3 Å². The molecule has 8 nitrogen and oxygen atoms in total. The van der Waals surface area contributed by atoms with Crippen molar-refractivity contribution in [2.45, 2.75) is 53.1 Å². The van der Waals surface area contributed by atoms with Crippen molar-refractivity contribution in [3.8, 4) is 0 Å². The molecule has 3 rings (SSSR count). The quantitative estimate of drug-likeness (QED) is 0.672. The first-order valence-electron chi connectivity index (χ1n) is 11.9. The zero-order chi connectivity index (χ0) is 23.3. The Balaban J connectivity index is 1.75. The van der Waals surface area contributed by atoms with E-state index in [0.29, 0.717) is 12.2 Å². The third-order valence-corrected chi connectivity index (χ3v) is 6.60. The highest BCUT2D eigenvalue weighted by Gasteiger charge is 2.32. The second-order valence-corrected chi connectivity index (χ2v) is 10.2. The van der Waals surface area contributed by atoms with E-state index in [1.54, 1.807) is 7.05 Å². The van der Waals surface area contributed by atoms with E-state index in [2.05, 4.69) is 44.2 Å². The Bertz CT molecular complexity index is 832. The standard InChI is InChI=1S/C24H40N6O2/c1-24(2,3)18(22(31)25-4)16-26-23(32)21-19-17-28(5)14-15-30(19)20(27-21)10-9-13-29-11-7-6-8-12-29/h9-10,18H,6-8,11-17H2,1-5H3,(H,25,31)(H,26,32)/b10-9+. The van der Waals surface area contributed by atoms with Crippen LogP contribution in [0.3, 0.4) is 0 Å². The predicted molar refractivity (Wildman–Crippen MR) is 127 cm³/mol. The minimum atomic E-state index is -0.318. The molecule has 32 heavy (non-hydrogen) atoms. The van der Waals surface area contributed by atoms with Crippen molar-refractivity contribution in [3.63, 3.8) is 0 Å². The van der Waals surface area contributed by atoms with E-state index in [1.807, 2.05) is 20.8 Å². The van der Waals surface area contributed by atoms with Gasteiger partial charge in [-0.15, -0.1) is 0 Å². The van der Waals surface area contributed by atoms with E-state index < -0.39 is 0 Å². The van der Waals surface area contributed by atoms with Crippen LogP contribution in [-0.2, 0) is 17.9 Å². The number of likely N-dealkylation sites (N-methyl/N-ethyl adjacent to an activating group) is 1. The summed E-state index contributed by atoms with van der Waals surface area (Å²) in [5.74, 6) is 0.249. The lowest BCUT2D eigenvalue weighted by Crippen LogP contribution is -2.44. The highest BCUT2D eigenvalue weighted by molar-refractivity contribution is 5.94. The average Bonchev–Trinajstić information content (AvgIpc) is 3.11. The molecule has 0 spiro atoms. The van der Waals surface area contributed by atoms with E-state index in [0.717, 1.165) is 44.2 Å². The summed E-state index contributed by atoms with van der Waals surface area (Å²) >= 11 is 0. The number of piperidine rings is 1. The lowest BCUT2D eigenvalue weighted by molar-refractivity contribution is -0.127. The molecule has 1 fully saturated rings. The van der Waals surface area contributed by atoms with Crippen LogP contribution in [0.1, 0.15) is 62.0 Å². The van der Waals surface area contributed by atoms with Gasteiger partial charge in [0.15, 0.2) is 5.69 Å². The van der Waals surface area contributed by atoms with Crippen molar-refractivity contribution in [1.82, 2.24) is 30.0 Å². The molecule has 178 valence electrons. The van der Waals surface area contributed by atoms with Crippen LogP contribution in [0.2, 0.25) is 0 Å². The zero-order valence-corrected chi connectivity index (χ0v) is 20.4. The Labute approximate surface area is 192 Å². The average molecular weight is 445 g/mol. The molecule has 0 radical (unpaired) electrons. The van der Waals surface area contributed by atoms with Gasteiger partial charge in [0.25, 0.3) is 5.91 Å². The fourth-order valence-electron chi connectivity index (χ4n) is 4.52. The fraction of sp³-hybridized carbons (Fsp3) is 0.708. The fourth-order valence-corrected chi connectivity index (χ4v) is 4.52. The van der Waals surface area contributed by atoms with E-state index in [-0.39, 0.29) is 29.7 Å².